The smallest absolute Gasteiger partial charge is 1.00 e. The molecule has 0 fully saturated rings. The van der Waals surface area contributed by atoms with Gasteiger partial charge in [0, 0.05) is 0 Å². The molecule has 1 aliphatic rings. The molecular formula is C9H13Cl2Hf+. The third-order valence-corrected chi connectivity index (χ3v) is 1.50. The largest absolute Gasteiger partial charge is 4.00 e. The molecule has 0 N–H and O–H groups in total. The van der Waals surface area contributed by atoms with Gasteiger partial charge in [-0.25, -0.2) is 11.6 Å². The van der Waals surface area contributed by atoms with Crippen molar-refractivity contribution in [2.24, 2.45) is 5.41 Å². The minimum atomic E-state index is 0. The summed E-state index contributed by atoms with van der Waals surface area (Å²) in [7, 11) is 0. The predicted molar refractivity (Wildman–Crippen MR) is 40.0 cm³/mol. The Labute approximate surface area is 106 Å². The van der Waals surface area contributed by atoms with Gasteiger partial charge < -0.3 is 24.8 Å². The van der Waals surface area contributed by atoms with Gasteiger partial charge in [-0.2, -0.15) is 6.08 Å². The standard InChI is InChI=1S/C9H13.2ClH.Hf/c1-9(2,3)8-6-4-5-7-8;;;/h4,6H,5H2,1-3H3;2*1H;/q-1;;;+4/p-2. The molecule has 0 aliphatic heterocycles. The van der Waals surface area contributed by atoms with Gasteiger partial charge in [0.25, 0.3) is 0 Å². The van der Waals surface area contributed by atoms with Crippen LogP contribution >= 0.6 is 0 Å². The van der Waals surface area contributed by atoms with Crippen LogP contribution in [-0.2, 0) is 25.8 Å². The van der Waals surface area contributed by atoms with Crippen LogP contribution in [0.25, 0.3) is 0 Å². The van der Waals surface area contributed by atoms with E-state index in [1.54, 1.807) is 0 Å². The first-order valence-corrected chi connectivity index (χ1v) is 3.38. The van der Waals surface area contributed by atoms with Crippen LogP contribution in [0.15, 0.2) is 17.7 Å². The molecule has 3 heteroatoms. The van der Waals surface area contributed by atoms with Crippen molar-refractivity contribution in [2.45, 2.75) is 27.2 Å². The zero-order chi connectivity index (χ0) is 6.91. The fourth-order valence-corrected chi connectivity index (χ4v) is 0.920. The van der Waals surface area contributed by atoms with Crippen molar-refractivity contribution in [1.82, 2.24) is 0 Å². The van der Waals surface area contributed by atoms with E-state index >= 15 is 0 Å². The average Bonchev–Trinajstić information content (AvgIpc) is 2.08. The maximum atomic E-state index is 3.30. The first-order valence-electron chi connectivity index (χ1n) is 3.38. The van der Waals surface area contributed by atoms with Crippen LogP contribution in [0.3, 0.4) is 0 Å². The van der Waals surface area contributed by atoms with E-state index in [-0.39, 0.29) is 50.7 Å². The van der Waals surface area contributed by atoms with E-state index in [1.807, 2.05) is 0 Å². The van der Waals surface area contributed by atoms with E-state index in [2.05, 4.69) is 39.0 Å². The maximum Gasteiger partial charge on any atom is 4.00 e. The van der Waals surface area contributed by atoms with Crippen molar-refractivity contribution in [2.75, 3.05) is 0 Å². The van der Waals surface area contributed by atoms with Gasteiger partial charge in [0.2, 0.25) is 0 Å². The third kappa shape index (κ3) is 5.55. The Kier molecular flexibility index (Phi) is 11.4. The monoisotopic (exact) mass is 371 g/mol. The summed E-state index contributed by atoms with van der Waals surface area (Å²) in [5.41, 5.74) is 1.65. The number of hydrogen-bond acceptors (Lipinski definition) is 0. The number of halogens is 2. The summed E-state index contributed by atoms with van der Waals surface area (Å²) in [5, 5.41) is 0. The van der Waals surface area contributed by atoms with Crippen molar-refractivity contribution >= 4 is 0 Å². The van der Waals surface area contributed by atoms with Crippen molar-refractivity contribution < 1.29 is 50.7 Å². The molecule has 0 aromatic rings. The second-order valence-electron chi connectivity index (χ2n) is 3.45. The molecule has 0 aromatic heterocycles. The quantitative estimate of drug-likeness (QED) is 0.310. The van der Waals surface area contributed by atoms with Crippen LogP contribution in [-0.4, -0.2) is 0 Å². The van der Waals surface area contributed by atoms with Crippen LogP contribution in [0.4, 0.5) is 0 Å². The zero-order valence-corrected chi connectivity index (χ0v) is 12.7. The minimum Gasteiger partial charge on any atom is -1.00 e. The molecule has 0 aromatic carbocycles. The van der Waals surface area contributed by atoms with E-state index in [0.29, 0.717) is 5.41 Å². The first-order chi connectivity index (χ1) is 4.11. The molecule has 0 nitrogen and oxygen atoms in total. The van der Waals surface area contributed by atoms with Gasteiger partial charge in [-0.1, -0.05) is 20.8 Å². The predicted octanol–water partition coefficient (Wildman–Crippen LogP) is -3.27. The van der Waals surface area contributed by atoms with Crippen molar-refractivity contribution in [3.63, 3.8) is 0 Å². The molecule has 0 spiro atoms. The fraction of sp³-hybridized carbons (Fsp3) is 0.556. The van der Waals surface area contributed by atoms with Gasteiger partial charge in [-0.15, -0.1) is 6.42 Å². The fourth-order valence-electron chi connectivity index (χ4n) is 0.920. The molecule has 0 radical (unpaired) electrons. The first kappa shape index (κ1) is 18.7. The second-order valence-corrected chi connectivity index (χ2v) is 3.45. The van der Waals surface area contributed by atoms with E-state index < -0.39 is 0 Å². The second kappa shape index (κ2) is 7.34. The molecule has 1 aliphatic carbocycles. The molecule has 1 rings (SSSR count). The number of rotatable bonds is 0. The summed E-state index contributed by atoms with van der Waals surface area (Å²) < 4.78 is 0. The van der Waals surface area contributed by atoms with Gasteiger partial charge in [0.05, 0.1) is 0 Å². The van der Waals surface area contributed by atoms with E-state index in [1.165, 1.54) is 5.57 Å². The Hall–Kier alpha value is 0.930. The van der Waals surface area contributed by atoms with Crippen molar-refractivity contribution in [1.29, 1.82) is 0 Å². The summed E-state index contributed by atoms with van der Waals surface area (Å²) in [5.74, 6) is 0. The SMILES string of the molecule is CC(C)(C)C1=[C-]CC=C1.[Cl-].[Cl-].[Hf+4]. The molecule has 0 amide bonds. The van der Waals surface area contributed by atoms with Gasteiger partial charge in [0.15, 0.2) is 0 Å². The Morgan fingerprint density at radius 3 is 1.92 bits per heavy atom. The molecule has 66 valence electrons. The molecule has 12 heavy (non-hydrogen) atoms. The topological polar surface area (TPSA) is 0 Å². The number of allylic oxidation sites excluding steroid dienone is 4. The van der Waals surface area contributed by atoms with Crippen LogP contribution in [0, 0.1) is 11.5 Å². The molecule has 0 heterocycles. The Morgan fingerprint density at radius 2 is 1.75 bits per heavy atom. The zero-order valence-electron chi connectivity index (χ0n) is 7.62. The van der Waals surface area contributed by atoms with Crippen LogP contribution < -0.4 is 24.8 Å². The minimum absolute atomic E-state index is 0. The van der Waals surface area contributed by atoms with E-state index in [0.717, 1.165) is 6.42 Å². The summed E-state index contributed by atoms with van der Waals surface area (Å²) in [6.07, 6.45) is 8.63. The third-order valence-electron chi connectivity index (χ3n) is 1.50. The van der Waals surface area contributed by atoms with Gasteiger partial charge in [0.1, 0.15) is 0 Å². The molecule has 0 atom stereocenters. The van der Waals surface area contributed by atoms with E-state index in [9.17, 15) is 0 Å². The van der Waals surface area contributed by atoms with Crippen molar-refractivity contribution in [3.8, 4) is 0 Å². The summed E-state index contributed by atoms with van der Waals surface area (Å²) >= 11 is 0. The summed E-state index contributed by atoms with van der Waals surface area (Å²) in [6, 6.07) is 0. The Bertz CT molecular complexity index is 166. The molecule has 0 saturated heterocycles. The Balaban J connectivity index is -0.000000270. The molecular weight excluding hydrogens is 357 g/mol. The van der Waals surface area contributed by atoms with Crippen LogP contribution in [0.5, 0.6) is 0 Å². The van der Waals surface area contributed by atoms with Gasteiger partial charge >= 0.3 is 25.8 Å². The maximum absolute atomic E-state index is 3.30. The summed E-state index contributed by atoms with van der Waals surface area (Å²) in [4.78, 5) is 0. The average molecular weight is 371 g/mol. The van der Waals surface area contributed by atoms with Crippen LogP contribution in [0.1, 0.15) is 27.2 Å². The molecule has 0 bridgehead atoms. The Morgan fingerprint density at radius 1 is 1.25 bits per heavy atom. The van der Waals surface area contributed by atoms with Crippen molar-refractivity contribution in [3.05, 3.63) is 23.8 Å². The number of hydrogen-bond donors (Lipinski definition) is 0. The van der Waals surface area contributed by atoms with Gasteiger partial charge in [-0.3, -0.25) is 6.08 Å². The molecule has 0 unspecified atom stereocenters. The summed E-state index contributed by atoms with van der Waals surface area (Å²) in [6.45, 7) is 6.64. The molecule has 0 saturated carbocycles. The van der Waals surface area contributed by atoms with E-state index in [4.69, 9.17) is 0 Å². The van der Waals surface area contributed by atoms with Gasteiger partial charge in [-0.05, 0) is 5.41 Å². The normalized spacial score (nSPS) is 13.8. The van der Waals surface area contributed by atoms with Crippen LogP contribution in [0.2, 0.25) is 0 Å².